The number of hydrogen-bond acceptors (Lipinski definition) is 4. The molecule has 1 aromatic heterocycles. The normalized spacial score (nSPS) is 20.6. The van der Waals surface area contributed by atoms with Crippen molar-refractivity contribution in [3.05, 3.63) is 11.8 Å². The number of nitrogens with zero attached hydrogens (tertiary/aromatic N) is 2. The maximum absolute atomic E-state index is 11.6. The van der Waals surface area contributed by atoms with Gasteiger partial charge in [-0.25, -0.2) is 9.69 Å². The number of aromatic carboxylic acids is 1. The van der Waals surface area contributed by atoms with E-state index in [4.69, 9.17) is 5.11 Å². The zero-order valence-electron chi connectivity index (χ0n) is 8.43. The lowest BCUT2D eigenvalue weighted by Gasteiger charge is -2.09. The van der Waals surface area contributed by atoms with Crippen molar-refractivity contribution in [1.29, 1.82) is 0 Å². The second-order valence-electron chi connectivity index (χ2n) is 3.62. The zero-order valence-corrected chi connectivity index (χ0v) is 8.43. The van der Waals surface area contributed by atoms with Gasteiger partial charge in [0.1, 0.15) is 5.69 Å². The molecule has 0 radical (unpaired) electrons. The molecule has 1 fully saturated rings. The Bertz CT molecular complexity index is 479. The van der Waals surface area contributed by atoms with Crippen molar-refractivity contribution in [1.82, 2.24) is 10.2 Å². The first-order valence-corrected chi connectivity index (χ1v) is 4.66. The van der Waals surface area contributed by atoms with Gasteiger partial charge in [-0.15, -0.1) is 0 Å². The van der Waals surface area contributed by atoms with Crippen LogP contribution < -0.4 is 4.90 Å². The highest BCUT2D eigenvalue weighted by molar-refractivity contribution is 6.20. The van der Waals surface area contributed by atoms with Gasteiger partial charge in [0.25, 0.3) is 0 Å². The number of carboxylic acids is 1. The fraction of sp³-hybridized carbons (Fsp3) is 0.333. The predicted molar refractivity (Wildman–Crippen MR) is 51.8 cm³/mol. The third kappa shape index (κ3) is 1.46. The molecule has 0 aliphatic carbocycles. The molecule has 0 aromatic carbocycles. The van der Waals surface area contributed by atoms with E-state index in [0.29, 0.717) is 0 Å². The van der Waals surface area contributed by atoms with Crippen LogP contribution in [0, 0.1) is 5.92 Å². The lowest BCUT2D eigenvalue weighted by molar-refractivity contribution is -0.122. The summed E-state index contributed by atoms with van der Waals surface area (Å²) in [7, 11) is 0. The van der Waals surface area contributed by atoms with E-state index in [9.17, 15) is 14.4 Å². The van der Waals surface area contributed by atoms with E-state index >= 15 is 0 Å². The minimum Gasteiger partial charge on any atom is -0.477 e. The summed E-state index contributed by atoms with van der Waals surface area (Å²) in [5, 5.41) is 14.5. The van der Waals surface area contributed by atoms with Crippen molar-refractivity contribution in [2.75, 3.05) is 4.90 Å². The monoisotopic (exact) mass is 223 g/mol. The highest BCUT2D eigenvalue weighted by Gasteiger charge is 2.38. The molecule has 1 atom stereocenters. The molecule has 7 nitrogen and oxygen atoms in total. The number of anilines is 1. The Hall–Kier alpha value is -2.18. The number of carboxylic acid groups (broad SMARTS) is 1. The van der Waals surface area contributed by atoms with E-state index in [1.54, 1.807) is 6.92 Å². The number of imide groups is 1. The van der Waals surface area contributed by atoms with Crippen LogP contribution in [-0.4, -0.2) is 33.1 Å². The molecular weight excluding hydrogens is 214 g/mol. The molecule has 2 amide bonds. The summed E-state index contributed by atoms with van der Waals surface area (Å²) < 4.78 is 0. The van der Waals surface area contributed by atoms with Crippen LogP contribution in [0.5, 0.6) is 0 Å². The first-order chi connectivity index (χ1) is 7.50. The summed E-state index contributed by atoms with van der Waals surface area (Å²) in [6, 6.07) is 1.16. The van der Waals surface area contributed by atoms with Crippen molar-refractivity contribution < 1.29 is 19.5 Å². The zero-order chi connectivity index (χ0) is 11.9. The van der Waals surface area contributed by atoms with Gasteiger partial charge in [-0.2, -0.15) is 5.10 Å². The number of carbonyl (C=O) groups is 3. The van der Waals surface area contributed by atoms with Gasteiger partial charge in [-0.1, -0.05) is 6.92 Å². The third-order valence-electron chi connectivity index (χ3n) is 2.40. The largest absolute Gasteiger partial charge is 0.477 e. The fourth-order valence-electron chi connectivity index (χ4n) is 1.56. The van der Waals surface area contributed by atoms with Gasteiger partial charge in [-0.05, 0) is 0 Å². The van der Waals surface area contributed by atoms with E-state index in [1.165, 1.54) is 0 Å². The molecule has 2 N–H and O–H groups in total. The molecule has 2 heterocycles. The van der Waals surface area contributed by atoms with Gasteiger partial charge in [0, 0.05) is 18.4 Å². The van der Waals surface area contributed by atoms with Crippen LogP contribution in [0.15, 0.2) is 6.07 Å². The lowest BCUT2D eigenvalue weighted by atomic mass is 10.1. The summed E-state index contributed by atoms with van der Waals surface area (Å²) in [6.45, 7) is 1.64. The lowest BCUT2D eigenvalue weighted by Crippen LogP contribution is -2.30. The Labute approximate surface area is 90.1 Å². The number of hydrogen-bond donors (Lipinski definition) is 2. The third-order valence-corrected chi connectivity index (χ3v) is 2.40. The smallest absolute Gasteiger partial charge is 0.353 e. The number of aromatic nitrogens is 2. The second kappa shape index (κ2) is 3.44. The molecule has 1 saturated heterocycles. The van der Waals surface area contributed by atoms with Gasteiger partial charge < -0.3 is 5.11 Å². The number of carbonyl (C=O) groups excluding carboxylic acids is 2. The van der Waals surface area contributed by atoms with E-state index in [2.05, 4.69) is 10.2 Å². The van der Waals surface area contributed by atoms with Gasteiger partial charge in [0.15, 0.2) is 5.82 Å². The van der Waals surface area contributed by atoms with E-state index in [0.717, 1.165) is 11.0 Å². The van der Waals surface area contributed by atoms with Crippen LogP contribution in [0.2, 0.25) is 0 Å². The quantitative estimate of drug-likeness (QED) is 0.687. The average molecular weight is 223 g/mol. The summed E-state index contributed by atoms with van der Waals surface area (Å²) in [5.74, 6) is -2.24. The van der Waals surface area contributed by atoms with Crippen LogP contribution in [0.4, 0.5) is 5.82 Å². The Kier molecular flexibility index (Phi) is 2.22. The van der Waals surface area contributed by atoms with Crippen LogP contribution >= 0.6 is 0 Å². The number of rotatable bonds is 2. The van der Waals surface area contributed by atoms with E-state index in [1.807, 2.05) is 0 Å². The van der Waals surface area contributed by atoms with Crippen molar-refractivity contribution in [2.45, 2.75) is 13.3 Å². The molecule has 16 heavy (non-hydrogen) atoms. The SMILES string of the molecule is CC1CC(=O)N(c2cc(C(=O)O)[nH]n2)C1=O. The van der Waals surface area contributed by atoms with Gasteiger partial charge in [0.05, 0.1) is 0 Å². The Morgan fingerprint density at radius 3 is 2.75 bits per heavy atom. The molecular formula is C9H9N3O4. The Morgan fingerprint density at radius 2 is 2.31 bits per heavy atom. The Morgan fingerprint density at radius 1 is 1.62 bits per heavy atom. The molecule has 7 heteroatoms. The molecule has 0 bridgehead atoms. The highest BCUT2D eigenvalue weighted by atomic mass is 16.4. The molecule has 0 spiro atoms. The number of aromatic amines is 1. The van der Waals surface area contributed by atoms with Crippen LogP contribution in [0.3, 0.4) is 0 Å². The number of amides is 2. The molecule has 1 aromatic rings. The second-order valence-corrected chi connectivity index (χ2v) is 3.62. The van der Waals surface area contributed by atoms with Gasteiger partial charge in [0.2, 0.25) is 11.8 Å². The maximum atomic E-state index is 11.6. The van der Waals surface area contributed by atoms with Crippen molar-refractivity contribution >= 4 is 23.6 Å². The average Bonchev–Trinajstić information content (AvgIpc) is 2.74. The maximum Gasteiger partial charge on any atom is 0.353 e. The predicted octanol–water partition coefficient (Wildman–Crippen LogP) is 0.00730. The van der Waals surface area contributed by atoms with Crippen molar-refractivity contribution in [3.63, 3.8) is 0 Å². The van der Waals surface area contributed by atoms with E-state index in [-0.39, 0.29) is 35.7 Å². The van der Waals surface area contributed by atoms with Crippen molar-refractivity contribution in [2.24, 2.45) is 5.92 Å². The minimum atomic E-state index is -1.19. The Balaban J connectivity index is 2.33. The number of H-pyrrole nitrogens is 1. The van der Waals surface area contributed by atoms with Crippen LogP contribution in [-0.2, 0) is 9.59 Å². The molecule has 0 saturated carbocycles. The highest BCUT2D eigenvalue weighted by Crippen LogP contribution is 2.24. The first-order valence-electron chi connectivity index (χ1n) is 4.66. The van der Waals surface area contributed by atoms with Gasteiger partial charge >= 0.3 is 5.97 Å². The standard InChI is InChI=1S/C9H9N3O4/c1-4-2-7(13)12(8(4)14)6-3-5(9(15)16)10-11-6/h3-4H,2H2,1H3,(H,10,11)(H,15,16). The summed E-state index contributed by atoms with van der Waals surface area (Å²) in [6.07, 6.45) is 0.133. The summed E-state index contributed by atoms with van der Waals surface area (Å²) in [5.41, 5.74) is -0.157. The molecule has 84 valence electrons. The summed E-state index contributed by atoms with van der Waals surface area (Å²) >= 11 is 0. The summed E-state index contributed by atoms with van der Waals surface area (Å²) in [4.78, 5) is 34.6. The first kappa shape index (κ1) is 10.3. The molecule has 1 unspecified atom stereocenters. The van der Waals surface area contributed by atoms with Crippen molar-refractivity contribution in [3.8, 4) is 0 Å². The van der Waals surface area contributed by atoms with Crippen LogP contribution in [0.1, 0.15) is 23.8 Å². The van der Waals surface area contributed by atoms with E-state index < -0.39 is 5.97 Å². The molecule has 1 aliphatic heterocycles. The molecule has 1 aliphatic rings. The fourth-order valence-corrected chi connectivity index (χ4v) is 1.56. The molecule has 2 rings (SSSR count). The number of nitrogens with one attached hydrogen (secondary N) is 1. The topological polar surface area (TPSA) is 103 Å². The van der Waals surface area contributed by atoms with Crippen LogP contribution in [0.25, 0.3) is 0 Å². The van der Waals surface area contributed by atoms with Gasteiger partial charge in [-0.3, -0.25) is 14.7 Å². The minimum absolute atomic E-state index is 0.0387.